The maximum atomic E-state index is 5.59. The van der Waals surface area contributed by atoms with E-state index in [1.807, 2.05) is 7.05 Å². The summed E-state index contributed by atoms with van der Waals surface area (Å²) >= 11 is 1.61. The van der Waals surface area contributed by atoms with Gasteiger partial charge in [-0.05, 0) is 19.9 Å². The Morgan fingerprint density at radius 2 is 2.55 bits per heavy atom. The molecule has 2 rings (SSSR count). The molecule has 0 saturated carbocycles. The summed E-state index contributed by atoms with van der Waals surface area (Å²) in [4.78, 5) is 5.58. The number of fused-ring (bicyclic) bond motifs is 1. The normalized spacial score (nSPS) is 22.1. The van der Waals surface area contributed by atoms with Crippen LogP contribution in [-0.4, -0.2) is 12.0 Å². The van der Waals surface area contributed by atoms with Crippen LogP contribution in [0.3, 0.4) is 0 Å². The molecule has 1 aromatic heterocycles. The first kappa shape index (κ1) is 7.06. The van der Waals surface area contributed by atoms with Gasteiger partial charge in [0.15, 0.2) is 5.13 Å². The van der Waals surface area contributed by atoms with Crippen LogP contribution >= 0.6 is 11.3 Å². The van der Waals surface area contributed by atoms with E-state index >= 15 is 0 Å². The van der Waals surface area contributed by atoms with Gasteiger partial charge in [0.2, 0.25) is 0 Å². The topological polar surface area (TPSA) is 50.9 Å². The number of anilines is 1. The third-order valence-corrected chi connectivity index (χ3v) is 3.12. The molecule has 3 nitrogen and oxygen atoms in total. The van der Waals surface area contributed by atoms with Crippen molar-refractivity contribution >= 4 is 16.5 Å². The Morgan fingerprint density at radius 3 is 3.27 bits per heavy atom. The monoisotopic (exact) mass is 169 g/mol. The van der Waals surface area contributed by atoms with E-state index in [1.165, 1.54) is 17.0 Å². The zero-order chi connectivity index (χ0) is 7.84. The van der Waals surface area contributed by atoms with Crippen molar-refractivity contribution < 1.29 is 0 Å². The largest absolute Gasteiger partial charge is 0.375 e. The number of rotatable bonds is 1. The van der Waals surface area contributed by atoms with Crippen molar-refractivity contribution in [2.24, 2.45) is 0 Å². The van der Waals surface area contributed by atoms with E-state index in [4.69, 9.17) is 5.73 Å². The Balaban J connectivity index is 2.37. The number of aryl methyl sites for hydroxylation is 1. The van der Waals surface area contributed by atoms with Crippen LogP contribution in [-0.2, 0) is 6.42 Å². The molecule has 0 amide bonds. The molecular weight excluding hydrogens is 158 g/mol. The van der Waals surface area contributed by atoms with Gasteiger partial charge in [0, 0.05) is 10.9 Å². The number of nitrogens with two attached hydrogens (primary N) is 1. The van der Waals surface area contributed by atoms with Crippen molar-refractivity contribution in [3.8, 4) is 0 Å². The summed E-state index contributed by atoms with van der Waals surface area (Å²) in [5, 5.41) is 3.95. The van der Waals surface area contributed by atoms with Gasteiger partial charge in [-0.3, -0.25) is 0 Å². The van der Waals surface area contributed by atoms with Crippen molar-refractivity contribution in [1.82, 2.24) is 10.3 Å². The van der Waals surface area contributed by atoms with E-state index in [-0.39, 0.29) is 0 Å². The predicted octanol–water partition coefficient (Wildman–Crippen LogP) is 0.932. The van der Waals surface area contributed by atoms with Crippen LogP contribution in [0.15, 0.2) is 0 Å². The molecular formula is C7H11N3S. The Bertz CT molecular complexity index is 269. The van der Waals surface area contributed by atoms with E-state index in [0.717, 1.165) is 6.42 Å². The molecule has 1 aliphatic rings. The highest BCUT2D eigenvalue weighted by Crippen LogP contribution is 2.35. The molecule has 1 atom stereocenters. The van der Waals surface area contributed by atoms with Gasteiger partial charge >= 0.3 is 0 Å². The maximum Gasteiger partial charge on any atom is 0.180 e. The number of hydrogen-bond acceptors (Lipinski definition) is 4. The van der Waals surface area contributed by atoms with Crippen molar-refractivity contribution in [3.63, 3.8) is 0 Å². The minimum absolute atomic E-state index is 0.500. The lowest BCUT2D eigenvalue weighted by molar-refractivity contribution is 0.596. The Labute approximate surface area is 69.6 Å². The second-order valence-corrected chi connectivity index (χ2v) is 3.81. The predicted molar refractivity (Wildman–Crippen MR) is 46.6 cm³/mol. The van der Waals surface area contributed by atoms with E-state index < -0.39 is 0 Å². The van der Waals surface area contributed by atoms with Crippen molar-refractivity contribution in [2.45, 2.75) is 18.9 Å². The Morgan fingerprint density at radius 1 is 1.73 bits per heavy atom. The van der Waals surface area contributed by atoms with Crippen LogP contribution in [0.1, 0.15) is 23.0 Å². The van der Waals surface area contributed by atoms with Crippen LogP contribution in [0.4, 0.5) is 5.13 Å². The average molecular weight is 169 g/mol. The van der Waals surface area contributed by atoms with E-state index in [0.29, 0.717) is 11.2 Å². The third-order valence-electron chi connectivity index (χ3n) is 2.08. The van der Waals surface area contributed by atoms with Crippen molar-refractivity contribution in [3.05, 3.63) is 10.6 Å². The van der Waals surface area contributed by atoms with Gasteiger partial charge in [0.1, 0.15) is 0 Å². The number of nitrogens with zero attached hydrogens (tertiary/aromatic N) is 1. The minimum Gasteiger partial charge on any atom is -0.375 e. The van der Waals surface area contributed by atoms with Crippen LogP contribution in [0.5, 0.6) is 0 Å². The molecule has 1 unspecified atom stereocenters. The second kappa shape index (κ2) is 2.46. The van der Waals surface area contributed by atoms with Crippen molar-refractivity contribution in [2.75, 3.05) is 12.8 Å². The Kier molecular flexibility index (Phi) is 1.58. The molecule has 4 heteroatoms. The van der Waals surface area contributed by atoms with Gasteiger partial charge in [-0.25, -0.2) is 4.98 Å². The van der Waals surface area contributed by atoms with Crippen molar-refractivity contribution in [1.29, 1.82) is 0 Å². The molecule has 11 heavy (non-hydrogen) atoms. The number of thiazole rings is 1. The summed E-state index contributed by atoms with van der Waals surface area (Å²) in [5.41, 5.74) is 6.79. The number of nitrogens with one attached hydrogen (secondary N) is 1. The summed E-state index contributed by atoms with van der Waals surface area (Å²) in [6, 6.07) is 0.500. The molecule has 3 N–H and O–H groups in total. The SMILES string of the molecule is CNC1CCc2nc(N)sc21. The zero-order valence-electron chi connectivity index (χ0n) is 6.42. The average Bonchev–Trinajstić information content (AvgIpc) is 2.45. The molecule has 0 bridgehead atoms. The second-order valence-electron chi connectivity index (χ2n) is 2.74. The lowest BCUT2D eigenvalue weighted by Crippen LogP contribution is -2.11. The number of hydrogen-bond donors (Lipinski definition) is 2. The highest BCUT2D eigenvalue weighted by Gasteiger charge is 2.24. The highest BCUT2D eigenvalue weighted by atomic mass is 32.1. The lowest BCUT2D eigenvalue weighted by Gasteiger charge is -2.05. The lowest BCUT2D eigenvalue weighted by atomic mass is 10.3. The molecule has 0 spiro atoms. The van der Waals surface area contributed by atoms with Gasteiger partial charge in [-0.15, -0.1) is 11.3 Å². The number of aromatic nitrogens is 1. The summed E-state index contributed by atoms with van der Waals surface area (Å²) in [7, 11) is 1.98. The minimum atomic E-state index is 0.500. The van der Waals surface area contributed by atoms with E-state index in [2.05, 4.69) is 10.3 Å². The van der Waals surface area contributed by atoms with Crippen LogP contribution in [0.25, 0.3) is 0 Å². The number of nitrogen functional groups attached to an aromatic ring is 1. The summed E-state index contributed by atoms with van der Waals surface area (Å²) < 4.78 is 0. The fraction of sp³-hybridized carbons (Fsp3) is 0.571. The molecule has 0 radical (unpaired) electrons. The molecule has 1 aromatic rings. The zero-order valence-corrected chi connectivity index (χ0v) is 7.24. The summed E-state index contributed by atoms with van der Waals surface area (Å²) in [6.07, 6.45) is 2.25. The van der Waals surface area contributed by atoms with E-state index in [1.54, 1.807) is 11.3 Å². The molecule has 60 valence electrons. The summed E-state index contributed by atoms with van der Waals surface area (Å²) in [5.74, 6) is 0. The van der Waals surface area contributed by atoms with Gasteiger partial charge < -0.3 is 11.1 Å². The first-order valence-electron chi connectivity index (χ1n) is 3.73. The highest BCUT2D eigenvalue weighted by molar-refractivity contribution is 7.15. The first-order valence-corrected chi connectivity index (χ1v) is 4.55. The van der Waals surface area contributed by atoms with Gasteiger partial charge in [0.05, 0.1) is 5.69 Å². The van der Waals surface area contributed by atoms with Crippen LogP contribution in [0.2, 0.25) is 0 Å². The molecule has 1 aliphatic carbocycles. The Hall–Kier alpha value is -0.610. The smallest absolute Gasteiger partial charge is 0.180 e. The molecule has 0 fully saturated rings. The first-order chi connectivity index (χ1) is 5.31. The summed E-state index contributed by atoms with van der Waals surface area (Å²) in [6.45, 7) is 0. The third kappa shape index (κ3) is 1.02. The van der Waals surface area contributed by atoms with Crippen LogP contribution in [0, 0.1) is 0 Å². The molecule has 0 aromatic carbocycles. The fourth-order valence-electron chi connectivity index (χ4n) is 1.52. The molecule has 0 aliphatic heterocycles. The maximum absolute atomic E-state index is 5.59. The van der Waals surface area contributed by atoms with Gasteiger partial charge in [0.25, 0.3) is 0 Å². The standard InChI is InChI=1S/C7H11N3S/c1-9-4-2-3-5-6(4)11-7(8)10-5/h4,9H,2-3H2,1H3,(H2,8,10). The fourth-order valence-corrected chi connectivity index (χ4v) is 2.55. The van der Waals surface area contributed by atoms with E-state index in [9.17, 15) is 0 Å². The van der Waals surface area contributed by atoms with Gasteiger partial charge in [-0.2, -0.15) is 0 Å². The quantitative estimate of drug-likeness (QED) is 0.657. The van der Waals surface area contributed by atoms with Gasteiger partial charge in [-0.1, -0.05) is 0 Å². The molecule has 0 saturated heterocycles. The van der Waals surface area contributed by atoms with Crippen LogP contribution < -0.4 is 11.1 Å². The molecule has 1 heterocycles.